The molecular weight excluding hydrogens is 160 g/mol. The van der Waals surface area contributed by atoms with Crippen molar-refractivity contribution in [2.24, 2.45) is 47.3 Å². The van der Waals surface area contributed by atoms with E-state index in [4.69, 9.17) is 4.74 Å². The van der Waals surface area contributed by atoms with E-state index in [1.807, 2.05) is 0 Å². The van der Waals surface area contributed by atoms with Gasteiger partial charge in [-0.2, -0.15) is 0 Å². The van der Waals surface area contributed by atoms with E-state index in [9.17, 15) is 0 Å². The van der Waals surface area contributed by atoms with Crippen LogP contribution in [-0.4, -0.2) is 12.2 Å². The third-order valence-electron chi connectivity index (χ3n) is 6.97. The lowest BCUT2D eigenvalue weighted by Crippen LogP contribution is -2.30. The smallest absolute Gasteiger partial charge is 0.0983 e. The molecule has 13 heavy (non-hydrogen) atoms. The van der Waals surface area contributed by atoms with Gasteiger partial charge >= 0.3 is 0 Å². The van der Waals surface area contributed by atoms with E-state index < -0.39 is 0 Å². The Morgan fingerprint density at radius 2 is 1.38 bits per heavy atom. The Bertz CT molecular complexity index is 315. The maximum absolute atomic E-state index is 5.92. The zero-order valence-corrected chi connectivity index (χ0v) is 7.65. The molecule has 7 aliphatic rings. The molecule has 1 saturated heterocycles. The van der Waals surface area contributed by atoms with Crippen LogP contribution in [0.3, 0.4) is 0 Å². The second kappa shape index (κ2) is 1.25. The lowest BCUT2D eigenvalue weighted by atomic mass is 9.71. The van der Waals surface area contributed by atoms with Crippen LogP contribution in [0.2, 0.25) is 0 Å². The first-order chi connectivity index (χ1) is 6.42. The maximum atomic E-state index is 5.92. The van der Waals surface area contributed by atoms with Crippen molar-refractivity contribution in [3.8, 4) is 0 Å². The molecule has 1 nitrogen and oxygen atoms in total. The first-order valence-electron chi connectivity index (χ1n) is 6.06. The molecule has 1 heteroatoms. The summed E-state index contributed by atoms with van der Waals surface area (Å²) >= 11 is 0. The molecule has 7 rings (SSSR count). The van der Waals surface area contributed by atoms with E-state index >= 15 is 0 Å². The van der Waals surface area contributed by atoms with E-state index in [0.717, 1.165) is 42.1 Å². The molecule has 0 aromatic heterocycles. The van der Waals surface area contributed by atoms with Crippen LogP contribution >= 0.6 is 0 Å². The second-order valence-corrected chi connectivity index (χ2v) is 6.58. The Labute approximate surface area is 77.8 Å². The summed E-state index contributed by atoms with van der Waals surface area (Å²) in [5.41, 5.74) is 0.505. The SMILES string of the molecule is C1[C@@H]2[C@@H]3[C@@H]4C[C@H]5[C@H]([C@@H]14)[C@@H]2C1(CO1)[C@@H]53. The Balaban J connectivity index is 1.78. The largest absolute Gasteiger partial charge is 0.369 e. The van der Waals surface area contributed by atoms with Gasteiger partial charge in [-0.15, -0.1) is 0 Å². The quantitative estimate of drug-likeness (QED) is 0.507. The van der Waals surface area contributed by atoms with Gasteiger partial charge in [-0.05, 0) is 60.2 Å². The summed E-state index contributed by atoms with van der Waals surface area (Å²) < 4.78 is 5.92. The van der Waals surface area contributed by atoms with Crippen LogP contribution in [0.15, 0.2) is 0 Å². The van der Waals surface area contributed by atoms with Gasteiger partial charge in [0.2, 0.25) is 0 Å². The predicted molar refractivity (Wildman–Crippen MR) is 45.8 cm³/mol. The molecule has 1 spiro atoms. The number of ether oxygens (including phenoxy) is 1. The summed E-state index contributed by atoms with van der Waals surface area (Å²) in [5.74, 6) is 9.11. The fraction of sp³-hybridized carbons (Fsp3) is 1.00. The molecular formula is C12H14O. The van der Waals surface area contributed by atoms with E-state index in [2.05, 4.69) is 0 Å². The van der Waals surface area contributed by atoms with Crippen molar-refractivity contribution >= 4 is 0 Å². The highest BCUT2D eigenvalue weighted by molar-refractivity contribution is 5.35. The van der Waals surface area contributed by atoms with Crippen molar-refractivity contribution in [3.63, 3.8) is 0 Å². The fourth-order valence-electron chi connectivity index (χ4n) is 7.29. The Hall–Kier alpha value is -0.0400. The average Bonchev–Trinajstić information content (AvgIpc) is 2.43. The highest BCUT2D eigenvalue weighted by atomic mass is 16.6. The van der Waals surface area contributed by atoms with Crippen LogP contribution in [-0.2, 0) is 4.74 Å². The second-order valence-electron chi connectivity index (χ2n) is 6.58. The van der Waals surface area contributed by atoms with Crippen LogP contribution in [0.1, 0.15) is 12.8 Å². The highest BCUT2D eigenvalue weighted by Gasteiger charge is 2.88. The maximum Gasteiger partial charge on any atom is 0.0983 e. The summed E-state index contributed by atoms with van der Waals surface area (Å²) in [5, 5.41) is 0. The molecule has 0 amide bonds. The van der Waals surface area contributed by atoms with Gasteiger partial charge < -0.3 is 4.74 Å². The first kappa shape index (κ1) is 5.75. The molecule has 1 heterocycles. The van der Waals surface area contributed by atoms with Crippen LogP contribution in [0.25, 0.3) is 0 Å². The molecule has 68 valence electrons. The van der Waals surface area contributed by atoms with Crippen molar-refractivity contribution in [2.75, 3.05) is 6.61 Å². The first-order valence-corrected chi connectivity index (χ1v) is 6.06. The third-order valence-corrected chi connectivity index (χ3v) is 6.97. The molecule has 0 aromatic carbocycles. The van der Waals surface area contributed by atoms with E-state index in [1.54, 1.807) is 12.8 Å². The zero-order valence-electron chi connectivity index (χ0n) is 7.65. The summed E-state index contributed by atoms with van der Waals surface area (Å²) in [6, 6.07) is 0. The number of rotatable bonds is 0. The van der Waals surface area contributed by atoms with Gasteiger partial charge in [-0.3, -0.25) is 0 Å². The van der Waals surface area contributed by atoms with Gasteiger partial charge in [0.05, 0.1) is 12.2 Å². The van der Waals surface area contributed by atoms with Crippen LogP contribution < -0.4 is 0 Å². The summed E-state index contributed by atoms with van der Waals surface area (Å²) in [7, 11) is 0. The Morgan fingerprint density at radius 3 is 1.85 bits per heavy atom. The lowest BCUT2D eigenvalue weighted by Gasteiger charge is -2.33. The summed E-state index contributed by atoms with van der Waals surface area (Å²) in [6.45, 7) is 1.15. The fourth-order valence-corrected chi connectivity index (χ4v) is 7.29. The number of epoxide rings is 1. The van der Waals surface area contributed by atoms with Gasteiger partial charge in [0.25, 0.3) is 0 Å². The van der Waals surface area contributed by atoms with Gasteiger partial charge in [0.1, 0.15) is 0 Å². The van der Waals surface area contributed by atoms with E-state index in [-0.39, 0.29) is 0 Å². The highest BCUT2D eigenvalue weighted by Crippen LogP contribution is 2.87. The molecule has 6 saturated carbocycles. The molecule has 1 aliphatic heterocycles. The average molecular weight is 174 g/mol. The van der Waals surface area contributed by atoms with Crippen molar-refractivity contribution in [1.29, 1.82) is 0 Å². The molecule has 0 aromatic rings. The monoisotopic (exact) mass is 174 g/mol. The third kappa shape index (κ3) is 0.319. The molecule has 9 atom stereocenters. The molecule has 7 fully saturated rings. The van der Waals surface area contributed by atoms with Crippen molar-refractivity contribution in [1.82, 2.24) is 0 Å². The molecule has 0 N–H and O–H groups in total. The molecule has 6 bridgehead atoms. The van der Waals surface area contributed by atoms with E-state index in [0.29, 0.717) is 5.60 Å². The van der Waals surface area contributed by atoms with Crippen LogP contribution in [0, 0.1) is 47.3 Å². The predicted octanol–water partition coefficient (Wildman–Crippen LogP) is 1.53. The van der Waals surface area contributed by atoms with Crippen molar-refractivity contribution in [3.05, 3.63) is 0 Å². The normalized spacial score (nSPS) is 88.6. The minimum Gasteiger partial charge on any atom is -0.369 e. The zero-order chi connectivity index (χ0) is 7.95. The minimum absolute atomic E-state index is 0.505. The van der Waals surface area contributed by atoms with Gasteiger partial charge in [0, 0.05) is 0 Å². The van der Waals surface area contributed by atoms with Crippen molar-refractivity contribution in [2.45, 2.75) is 18.4 Å². The van der Waals surface area contributed by atoms with Gasteiger partial charge in [0.15, 0.2) is 0 Å². The number of hydrogen-bond donors (Lipinski definition) is 0. The van der Waals surface area contributed by atoms with Gasteiger partial charge in [-0.1, -0.05) is 0 Å². The summed E-state index contributed by atoms with van der Waals surface area (Å²) in [4.78, 5) is 0. The van der Waals surface area contributed by atoms with E-state index in [1.165, 1.54) is 11.8 Å². The van der Waals surface area contributed by atoms with Gasteiger partial charge in [-0.25, -0.2) is 0 Å². The van der Waals surface area contributed by atoms with Crippen LogP contribution in [0.5, 0.6) is 0 Å². The van der Waals surface area contributed by atoms with Crippen LogP contribution in [0.4, 0.5) is 0 Å². The Kier molecular flexibility index (Phi) is 0.551. The lowest BCUT2D eigenvalue weighted by molar-refractivity contribution is 0.132. The topological polar surface area (TPSA) is 12.5 Å². The standard InChI is InChI=1S/C12H14O/c1-4-5-2-7-8(4)10-6(1)9(5)11(7)12(10)3-13-12/h4-11H,1-3H2/t4-,5+,6+,7-,8-,9-,10+,11-,12?/m0/s1. The minimum atomic E-state index is 0.505. The molecule has 0 radical (unpaired) electrons. The summed E-state index contributed by atoms with van der Waals surface area (Å²) in [6.07, 6.45) is 3.23. The number of hydrogen-bond acceptors (Lipinski definition) is 1. The molecule has 6 aliphatic carbocycles. The van der Waals surface area contributed by atoms with Crippen molar-refractivity contribution < 1.29 is 4.74 Å². The Morgan fingerprint density at radius 1 is 0.846 bits per heavy atom. The molecule has 1 unspecified atom stereocenters.